The minimum absolute atomic E-state index is 0.157. The van der Waals surface area contributed by atoms with E-state index >= 15 is 0 Å². The molecule has 0 saturated heterocycles. The zero-order valence-corrected chi connectivity index (χ0v) is 15.2. The third kappa shape index (κ3) is 3.03. The summed E-state index contributed by atoms with van der Waals surface area (Å²) in [5, 5.41) is 9.33. The second-order valence-corrected chi connectivity index (χ2v) is 8.40. The summed E-state index contributed by atoms with van der Waals surface area (Å²) in [6.45, 7) is 0.178. The van der Waals surface area contributed by atoms with E-state index in [1.807, 2.05) is 0 Å². The summed E-state index contributed by atoms with van der Waals surface area (Å²) in [6.07, 6.45) is 6.64. The highest BCUT2D eigenvalue weighted by molar-refractivity contribution is 7.14. The lowest BCUT2D eigenvalue weighted by Crippen LogP contribution is -2.41. The SMILES string of the molecule is O=c1c(=O)n(C2C[C@@H]3C[C@@H]3C2)ccn1Cc1nnc(-c2cccc(F)c2)s1. The number of rotatable bonds is 4. The predicted octanol–water partition coefficient (Wildman–Crippen LogP) is 2.69. The van der Waals surface area contributed by atoms with E-state index < -0.39 is 11.1 Å². The third-order valence-electron chi connectivity index (χ3n) is 5.54. The molecule has 2 aromatic heterocycles. The molecule has 3 atom stereocenters. The van der Waals surface area contributed by atoms with Crippen LogP contribution in [0.3, 0.4) is 0 Å². The van der Waals surface area contributed by atoms with Crippen LogP contribution in [0.2, 0.25) is 0 Å². The van der Waals surface area contributed by atoms with Gasteiger partial charge in [-0.2, -0.15) is 0 Å². The Bertz CT molecular complexity index is 1120. The van der Waals surface area contributed by atoms with Gasteiger partial charge in [-0.3, -0.25) is 9.59 Å². The van der Waals surface area contributed by atoms with Crippen molar-refractivity contribution >= 4 is 11.3 Å². The highest BCUT2D eigenvalue weighted by atomic mass is 32.1. The number of hydrogen-bond acceptors (Lipinski definition) is 5. The van der Waals surface area contributed by atoms with Gasteiger partial charge in [0.05, 0.1) is 6.54 Å². The molecule has 5 rings (SSSR count). The second-order valence-electron chi connectivity index (χ2n) is 7.34. The van der Waals surface area contributed by atoms with Gasteiger partial charge in [0, 0.05) is 24.0 Å². The summed E-state index contributed by atoms with van der Waals surface area (Å²) >= 11 is 1.28. The van der Waals surface area contributed by atoms with Crippen LogP contribution >= 0.6 is 11.3 Å². The molecule has 1 aromatic carbocycles. The molecule has 0 N–H and O–H groups in total. The Hall–Kier alpha value is -2.61. The molecule has 1 unspecified atom stereocenters. The molecule has 2 aliphatic rings. The molecule has 3 aromatic rings. The molecule has 2 heterocycles. The van der Waals surface area contributed by atoms with Gasteiger partial charge in [-0.15, -0.1) is 10.2 Å². The second kappa shape index (κ2) is 6.23. The number of nitrogens with zero attached hydrogens (tertiary/aromatic N) is 4. The van der Waals surface area contributed by atoms with Crippen LogP contribution < -0.4 is 11.1 Å². The summed E-state index contributed by atoms with van der Waals surface area (Å²) in [7, 11) is 0. The van der Waals surface area contributed by atoms with Crippen LogP contribution in [0.5, 0.6) is 0 Å². The summed E-state index contributed by atoms with van der Waals surface area (Å²) in [6, 6.07) is 6.29. The molecule has 0 spiro atoms. The maximum Gasteiger partial charge on any atom is 0.316 e. The number of halogens is 1. The molecule has 0 aliphatic heterocycles. The molecule has 2 fully saturated rings. The van der Waals surface area contributed by atoms with Crippen LogP contribution in [0, 0.1) is 17.7 Å². The maximum absolute atomic E-state index is 13.4. The van der Waals surface area contributed by atoms with E-state index in [0.717, 1.165) is 24.7 Å². The van der Waals surface area contributed by atoms with Crippen LogP contribution in [-0.4, -0.2) is 19.3 Å². The van der Waals surface area contributed by atoms with Crippen molar-refractivity contribution in [2.24, 2.45) is 11.8 Å². The molecule has 0 amide bonds. The first-order valence-corrected chi connectivity index (χ1v) is 9.80. The van der Waals surface area contributed by atoms with Gasteiger partial charge >= 0.3 is 11.1 Å². The van der Waals surface area contributed by atoms with Crippen LogP contribution in [0.4, 0.5) is 4.39 Å². The lowest BCUT2D eigenvalue weighted by molar-refractivity contribution is 0.445. The molecule has 8 heteroatoms. The Labute approximate surface area is 157 Å². The minimum Gasteiger partial charge on any atom is -0.306 e. The van der Waals surface area contributed by atoms with E-state index in [1.165, 1.54) is 34.5 Å². The van der Waals surface area contributed by atoms with Crippen molar-refractivity contribution < 1.29 is 4.39 Å². The summed E-state index contributed by atoms with van der Waals surface area (Å²) in [5.41, 5.74) is -0.374. The molecule has 2 aliphatic carbocycles. The van der Waals surface area contributed by atoms with Gasteiger partial charge in [0.2, 0.25) is 0 Å². The van der Waals surface area contributed by atoms with Crippen molar-refractivity contribution in [2.75, 3.05) is 0 Å². The first-order chi connectivity index (χ1) is 13.1. The number of aromatic nitrogens is 4. The van der Waals surface area contributed by atoms with Crippen molar-refractivity contribution in [1.29, 1.82) is 0 Å². The molecular formula is C19H17FN4O2S. The monoisotopic (exact) mass is 384 g/mol. The fourth-order valence-electron chi connectivity index (χ4n) is 4.04. The molecule has 0 radical (unpaired) electrons. The Morgan fingerprint density at radius 3 is 2.67 bits per heavy atom. The highest BCUT2D eigenvalue weighted by Crippen LogP contribution is 2.55. The van der Waals surface area contributed by atoms with Crippen LogP contribution in [-0.2, 0) is 6.54 Å². The van der Waals surface area contributed by atoms with Gasteiger partial charge in [-0.05, 0) is 43.2 Å². The average molecular weight is 384 g/mol. The zero-order chi connectivity index (χ0) is 18.5. The van der Waals surface area contributed by atoms with E-state index in [0.29, 0.717) is 15.6 Å². The summed E-state index contributed by atoms with van der Waals surface area (Å²) in [4.78, 5) is 25.0. The zero-order valence-electron chi connectivity index (χ0n) is 14.4. The molecular weight excluding hydrogens is 367 g/mol. The largest absolute Gasteiger partial charge is 0.316 e. The van der Waals surface area contributed by atoms with Crippen molar-refractivity contribution in [3.05, 3.63) is 68.2 Å². The highest BCUT2D eigenvalue weighted by Gasteiger charge is 2.46. The molecule has 2 saturated carbocycles. The van der Waals surface area contributed by atoms with Gasteiger partial charge in [0.15, 0.2) is 0 Å². The average Bonchev–Trinajstić information content (AvgIpc) is 3.06. The molecule has 138 valence electrons. The summed E-state index contributed by atoms with van der Waals surface area (Å²) < 4.78 is 16.3. The maximum atomic E-state index is 13.4. The number of hydrogen-bond donors (Lipinski definition) is 0. The van der Waals surface area contributed by atoms with E-state index in [-0.39, 0.29) is 18.4 Å². The van der Waals surface area contributed by atoms with Crippen molar-refractivity contribution in [1.82, 2.24) is 19.3 Å². The topological polar surface area (TPSA) is 69.8 Å². The molecule has 27 heavy (non-hydrogen) atoms. The van der Waals surface area contributed by atoms with E-state index in [1.54, 1.807) is 29.1 Å². The first-order valence-electron chi connectivity index (χ1n) is 8.98. The van der Waals surface area contributed by atoms with Crippen LogP contribution in [0.1, 0.15) is 30.3 Å². The van der Waals surface area contributed by atoms with Crippen LogP contribution in [0.15, 0.2) is 46.2 Å². The van der Waals surface area contributed by atoms with Crippen molar-refractivity contribution in [2.45, 2.75) is 31.8 Å². The van der Waals surface area contributed by atoms with Gasteiger partial charge in [-0.1, -0.05) is 23.5 Å². The quantitative estimate of drug-likeness (QED) is 0.649. The van der Waals surface area contributed by atoms with Gasteiger partial charge in [-0.25, -0.2) is 4.39 Å². The molecule has 6 nitrogen and oxygen atoms in total. The normalized spacial score (nSPS) is 23.4. The van der Waals surface area contributed by atoms with Crippen molar-refractivity contribution in [3.8, 4) is 10.6 Å². The lowest BCUT2D eigenvalue weighted by Gasteiger charge is -2.15. The Morgan fingerprint density at radius 2 is 1.89 bits per heavy atom. The fourth-order valence-corrected chi connectivity index (χ4v) is 4.88. The summed E-state index contributed by atoms with van der Waals surface area (Å²) in [5.74, 6) is 1.15. The standard InChI is InChI=1S/C19H17FN4O2S/c20-14-3-1-2-11(7-14)17-22-21-16(27-17)10-23-4-5-24(19(26)18(23)25)15-8-12-6-13(12)9-15/h1-5,7,12-13,15H,6,8-10H2/t12-,13+,15?. The lowest BCUT2D eigenvalue weighted by atomic mass is 10.1. The van der Waals surface area contributed by atoms with E-state index in [4.69, 9.17) is 0 Å². The fraction of sp³-hybridized carbons (Fsp3) is 0.368. The Balaban J connectivity index is 1.39. The van der Waals surface area contributed by atoms with Crippen LogP contribution in [0.25, 0.3) is 10.6 Å². The van der Waals surface area contributed by atoms with Gasteiger partial charge in [0.25, 0.3) is 0 Å². The number of fused-ring (bicyclic) bond motifs is 1. The first kappa shape index (κ1) is 16.6. The Kier molecular flexibility index (Phi) is 3.82. The smallest absolute Gasteiger partial charge is 0.306 e. The Morgan fingerprint density at radius 1 is 1.07 bits per heavy atom. The van der Waals surface area contributed by atoms with Gasteiger partial charge in [0.1, 0.15) is 15.8 Å². The van der Waals surface area contributed by atoms with E-state index in [2.05, 4.69) is 10.2 Å². The number of benzene rings is 1. The van der Waals surface area contributed by atoms with E-state index in [9.17, 15) is 14.0 Å². The minimum atomic E-state index is -0.541. The molecule has 0 bridgehead atoms. The predicted molar refractivity (Wildman–Crippen MR) is 99.2 cm³/mol. The van der Waals surface area contributed by atoms with Gasteiger partial charge < -0.3 is 9.13 Å². The van der Waals surface area contributed by atoms with Crippen molar-refractivity contribution in [3.63, 3.8) is 0 Å². The third-order valence-corrected chi connectivity index (χ3v) is 6.50.